The fourth-order valence-corrected chi connectivity index (χ4v) is 1.31. The Kier molecular flexibility index (Phi) is 27.2. The van der Waals surface area contributed by atoms with Crippen LogP contribution in [0.25, 0.3) is 0 Å². The standard InChI is InChI=1S/C10H16O.C6H14O2.C2H6O2/c1-9(2)5-4-6-10(3)7-8-11;1-4-7-6(3)8-5-2;3-1-2-4/h5,7-8H,4,6H2,1-3H3;6H,4-5H2,1-3H3;3-4H,1-2H2. The number of allylic oxidation sites excluding steroid dienone is 4. The van der Waals surface area contributed by atoms with Gasteiger partial charge in [0.2, 0.25) is 0 Å². The van der Waals surface area contributed by atoms with E-state index in [1.807, 2.05) is 27.7 Å². The van der Waals surface area contributed by atoms with Crippen molar-refractivity contribution in [1.29, 1.82) is 0 Å². The summed E-state index contributed by atoms with van der Waals surface area (Å²) in [5, 5.41) is 15.2. The van der Waals surface area contributed by atoms with Gasteiger partial charge in [-0.15, -0.1) is 0 Å². The molecule has 5 nitrogen and oxygen atoms in total. The van der Waals surface area contributed by atoms with E-state index in [1.54, 1.807) is 6.08 Å². The first-order valence-corrected chi connectivity index (χ1v) is 8.08. The minimum atomic E-state index is -0.125. The Morgan fingerprint density at radius 1 is 1.04 bits per heavy atom. The van der Waals surface area contributed by atoms with Crippen molar-refractivity contribution in [1.82, 2.24) is 0 Å². The zero-order valence-corrected chi connectivity index (χ0v) is 15.7. The Hall–Kier alpha value is -1.01. The van der Waals surface area contributed by atoms with Crippen LogP contribution in [0.5, 0.6) is 0 Å². The predicted molar refractivity (Wildman–Crippen MR) is 95.4 cm³/mol. The number of carbonyl (C=O) groups excluding carboxylic acids is 1. The Morgan fingerprint density at radius 3 is 1.83 bits per heavy atom. The van der Waals surface area contributed by atoms with Gasteiger partial charge in [0.25, 0.3) is 0 Å². The van der Waals surface area contributed by atoms with E-state index in [0.717, 1.165) is 37.9 Å². The molecular formula is C18H36O5. The van der Waals surface area contributed by atoms with Crippen LogP contribution in [-0.2, 0) is 14.3 Å². The molecule has 0 unspecified atom stereocenters. The Morgan fingerprint density at radius 2 is 1.52 bits per heavy atom. The molecule has 0 aliphatic heterocycles. The molecule has 0 saturated carbocycles. The van der Waals surface area contributed by atoms with Crippen molar-refractivity contribution in [3.8, 4) is 0 Å². The first kappa shape index (κ1) is 26.9. The van der Waals surface area contributed by atoms with E-state index in [-0.39, 0.29) is 19.5 Å². The average Bonchev–Trinajstić information content (AvgIpc) is 2.48. The van der Waals surface area contributed by atoms with Crippen molar-refractivity contribution >= 4 is 6.29 Å². The molecule has 0 aliphatic rings. The molecule has 0 heterocycles. The third kappa shape index (κ3) is 33.7. The van der Waals surface area contributed by atoms with Gasteiger partial charge in [-0.2, -0.15) is 0 Å². The van der Waals surface area contributed by atoms with Gasteiger partial charge in [-0.1, -0.05) is 17.2 Å². The summed E-state index contributed by atoms with van der Waals surface area (Å²) in [6.45, 7) is 13.1. The number of hydrogen-bond donors (Lipinski definition) is 2. The molecule has 23 heavy (non-hydrogen) atoms. The quantitative estimate of drug-likeness (QED) is 0.293. The summed E-state index contributed by atoms with van der Waals surface area (Å²) < 4.78 is 10.1. The maximum absolute atomic E-state index is 10.0. The Bertz CT molecular complexity index is 286. The van der Waals surface area contributed by atoms with Crippen molar-refractivity contribution < 1.29 is 24.5 Å². The molecule has 0 aliphatic carbocycles. The van der Waals surface area contributed by atoms with Crippen molar-refractivity contribution in [2.24, 2.45) is 0 Å². The molecule has 0 radical (unpaired) electrons. The zero-order chi connectivity index (χ0) is 18.5. The first-order chi connectivity index (χ1) is 10.9. The van der Waals surface area contributed by atoms with E-state index in [4.69, 9.17) is 19.7 Å². The fraction of sp³-hybridized carbons (Fsp3) is 0.722. The number of aliphatic hydroxyl groups excluding tert-OH is 2. The zero-order valence-electron chi connectivity index (χ0n) is 15.7. The molecule has 0 amide bonds. The second-order valence-electron chi connectivity index (χ2n) is 4.89. The number of aliphatic hydroxyl groups is 2. The second kappa shape index (κ2) is 23.3. The van der Waals surface area contributed by atoms with Gasteiger partial charge in [0, 0.05) is 13.2 Å². The lowest BCUT2D eigenvalue weighted by Gasteiger charge is -2.09. The molecule has 5 heteroatoms. The van der Waals surface area contributed by atoms with E-state index >= 15 is 0 Å². The first-order valence-electron chi connectivity index (χ1n) is 8.08. The van der Waals surface area contributed by atoms with Crippen LogP contribution in [0.3, 0.4) is 0 Å². The number of ether oxygens (including phenoxy) is 2. The van der Waals surface area contributed by atoms with Crippen LogP contribution in [0.2, 0.25) is 0 Å². The van der Waals surface area contributed by atoms with Gasteiger partial charge in [0.1, 0.15) is 6.29 Å². The molecule has 0 aromatic heterocycles. The smallest absolute Gasteiger partial charge is 0.154 e. The van der Waals surface area contributed by atoms with Gasteiger partial charge < -0.3 is 19.7 Å². The molecule has 2 N–H and O–H groups in total. The van der Waals surface area contributed by atoms with Gasteiger partial charge in [0.05, 0.1) is 13.2 Å². The van der Waals surface area contributed by atoms with Gasteiger partial charge in [-0.05, 0) is 60.5 Å². The number of aldehydes is 1. The van der Waals surface area contributed by atoms with E-state index in [0.29, 0.717) is 0 Å². The molecule has 0 spiro atoms. The Labute approximate surface area is 142 Å². The monoisotopic (exact) mass is 332 g/mol. The SMILES string of the molecule is CC(C)=CCCC(C)=CC=O.CCOC(C)OCC.OCCO. The lowest BCUT2D eigenvalue weighted by Crippen LogP contribution is -2.11. The molecule has 138 valence electrons. The van der Waals surface area contributed by atoms with Gasteiger partial charge in [-0.3, -0.25) is 4.79 Å². The molecule has 0 rings (SSSR count). The number of hydrogen-bond acceptors (Lipinski definition) is 5. The molecular weight excluding hydrogens is 296 g/mol. The summed E-state index contributed by atoms with van der Waals surface area (Å²) in [6.07, 6.45) is 6.64. The van der Waals surface area contributed by atoms with Crippen LogP contribution in [0.15, 0.2) is 23.3 Å². The second-order valence-corrected chi connectivity index (χ2v) is 4.89. The van der Waals surface area contributed by atoms with Gasteiger partial charge >= 0.3 is 0 Å². The van der Waals surface area contributed by atoms with E-state index < -0.39 is 0 Å². The van der Waals surface area contributed by atoms with Crippen LogP contribution >= 0.6 is 0 Å². The number of carbonyl (C=O) groups is 1. The van der Waals surface area contributed by atoms with Crippen LogP contribution in [-0.4, -0.2) is 49.2 Å². The topological polar surface area (TPSA) is 76.0 Å². The highest BCUT2D eigenvalue weighted by molar-refractivity contribution is 5.65. The maximum Gasteiger partial charge on any atom is 0.154 e. The molecule has 0 fully saturated rings. The van der Waals surface area contributed by atoms with Crippen LogP contribution in [0.1, 0.15) is 54.4 Å². The van der Waals surface area contributed by atoms with Gasteiger partial charge in [-0.25, -0.2) is 0 Å². The minimum Gasteiger partial charge on any atom is -0.394 e. The van der Waals surface area contributed by atoms with Gasteiger partial charge in [0.15, 0.2) is 6.29 Å². The molecule has 0 aromatic rings. The lowest BCUT2D eigenvalue weighted by atomic mass is 10.1. The normalized spacial score (nSPS) is 10.2. The highest BCUT2D eigenvalue weighted by Crippen LogP contribution is 2.05. The summed E-state index contributed by atoms with van der Waals surface area (Å²) in [7, 11) is 0. The van der Waals surface area contributed by atoms with Crippen LogP contribution in [0.4, 0.5) is 0 Å². The van der Waals surface area contributed by atoms with E-state index in [2.05, 4.69) is 19.9 Å². The average molecular weight is 332 g/mol. The largest absolute Gasteiger partial charge is 0.394 e. The third-order valence-electron chi connectivity index (χ3n) is 2.35. The molecule has 0 bridgehead atoms. The summed E-state index contributed by atoms with van der Waals surface area (Å²) in [5.41, 5.74) is 2.49. The summed E-state index contributed by atoms with van der Waals surface area (Å²) in [5.74, 6) is 0. The summed E-state index contributed by atoms with van der Waals surface area (Å²) in [6, 6.07) is 0. The lowest BCUT2D eigenvalue weighted by molar-refractivity contribution is -0.123. The highest BCUT2D eigenvalue weighted by Gasteiger charge is 1.94. The minimum absolute atomic E-state index is 0.0370. The molecule has 0 saturated heterocycles. The Balaban J connectivity index is -0.000000292. The predicted octanol–water partition coefficient (Wildman–Crippen LogP) is 3.25. The third-order valence-corrected chi connectivity index (χ3v) is 2.35. The van der Waals surface area contributed by atoms with Crippen molar-refractivity contribution in [2.75, 3.05) is 26.4 Å². The van der Waals surface area contributed by atoms with E-state index in [9.17, 15) is 4.79 Å². The fourth-order valence-electron chi connectivity index (χ4n) is 1.31. The summed E-state index contributed by atoms with van der Waals surface area (Å²) >= 11 is 0. The molecule has 0 atom stereocenters. The number of rotatable bonds is 9. The van der Waals surface area contributed by atoms with E-state index in [1.165, 1.54) is 5.57 Å². The maximum atomic E-state index is 10.0. The van der Waals surface area contributed by atoms with Crippen LogP contribution in [0, 0.1) is 0 Å². The molecule has 0 aromatic carbocycles. The summed E-state index contributed by atoms with van der Waals surface area (Å²) in [4.78, 5) is 10.0. The van der Waals surface area contributed by atoms with Crippen molar-refractivity contribution in [3.63, 3.8) is 0 Å². The van der Waals surface area contributed by atoms with Crippen molar-refractivity contribution in [2.45, 2.75) is 60.7 Å². The van der Waals surface area contributed by atoms with Crippen LogP contribution < -0.4 is 0 Å². The van der Waals surface area contributed by atoms with Crippen molar-refractivity contribution in [3.05, 3.63) is 23.3 Å². The highest BCUT2D eigenvalue weighted by atomic mass is 16.7.